The highest BCUT2D eigenvalue weighted by Gasteiger charge is 2.26. The van der Waals surface area contributed by atoms with Crippen molar-refractivity contribution in [2.75, 3.05) is 13.1 Å². The molecule has 1 aliphatic rings. The molecule has 1 N–H and O–H groups in total. The van der Waals surface area contributed by atoms with Crippen LogP contribution in [-0.2, 0) is 18.3 Å². The molecule has 2 heterocycles. The van der Waals surface area contributed by atoms with Gasteiger partial charge in [-0.05, 0) is 24.5 Å². The Morgan fingerprint density at radius 1 is 1.25 bits per heavy atom. The summed E-state index contributed by atoms with van der Waals surface area (Å²) in [4.78, 5) is 25.6. The average Bonchev–Trinajstić information content (AvgIpc) is 3.01. The molecule has 0 aliphatic carbocycles. The van der Waals surface area contributed by atoms with E-state index in [-0.39, 0.29) is 17.9 Å². The van der Waals surface area contributed by atoms with Crippen molar-refractivity contribution in [3.63, 3.8) is 0 Å². The minimum atomic E-state index is -1.00. The fourth-order valence-corrected chi connectivity index (χ4v) is 3.21. The smallest absolute Gasteiger partial charge is 0.335 e. The first-order valence-corrected chi connectivity index (χ1v) is 7.99. The predicted octanol–water partition coefficient (Wildman–Crippen LogP) is 1.46. The van der Waals surface area contributed by atoms with Gasteiger partial charge in [-0.25, -0.2) is 4.79 Å². The lowest BCUT2D eigenvalue weighted by Gasteiger charge is -2.31. The van der Waals surface area contributed by atoms with Gasteiger partial charge in [0.05, 0.1) is 12.0 Å². The van der Waals surface area contributed by atoms with E-state index in [2.05, 4.69) is 10.2 Å². The van der Waals surface area contributed by atoms with Crippen LogP contribution in [0.15, 0.2) is 30.6 Å². The number of aryl methyl sites for hydroxylation is 1. The number of carboxylic acid groups (broad SMARTS) is 1. The molecule has 0 spiro atoms. The second-order valence-corrected chi connectivity index (χ2v) is 6.09. The highest BCUT2D eigenvalue weighted by molar-refractivity contribution is 5.91. The standard InChI is InChI=1S/C17H20N4O3/c1-20-11-18-19-16(20)12-6-8-21(9-7-12)15(22)10-13-4-2-3-5-14(13)17(23)24/h2-5,11-12H,6-10H2,1H3,(H,23,24). The van der Waals surface area contributed by atoms with Crippen molar-refractivity contribution < 1.29 is 14.7 Å². The third kappa shape index (κ3) is 3.29. The first kappa shape index (κ1) is 16.2. The van der Waals surface area contributed by atoms with Gasteiger partial charge in [0.2, 0.25) is 5.91 Å². The van der Waals surface area contributed by atoms with Gasteiger partial charge in [-0.2, -0.15) is 0 Å². The second kappa shape index (κ2) is 6.82. The van der Waals surface area contributed by atoms with Crippen LogP contribution in [0.25, 0.3) is 0 Å². The summed E-state index contributed by atoms with van der Waals surface area (Å²) in [5.41, 5.74) is 0.755. The van der Waals surface area contributed by atoms with Crippen molar-refractivity contribution in [1.82, 2.24) is 19.7 Å². The van der Waals surface area contributed by atoms with Crippen LogP contribution in [0.1, 0.15) is 40.5 Å². The quantitative estimate of drug-likeness (QED) is 0.918. The highest BCUT2D eigenvalue weighted by Crippen LogP contribution is 2.26. The van der Waals surface area contributed by atoms with E-state index in [9.17, 15) is 14.7 Å². The van der Waals surface area contributed by atoms with E-state index >= 15 is 0 Å². The molecule has 0 radical (unpaired) electrons. The van der Waals surface area contributed by atoms with E-state index in [1.165, 1.54) is 6.07 Å². The van der Waals surface area contributed by atoms with Crippen molar-refractivity contribution in [2.45, 2.75) is 25.2 Å². The third-order valence-corrected chi connectivity index (χ3v) is 4.55. The molecule has 126 valence electrons. The summed E-state index contributed by atoms with van der Waals surface area (Å²) in [6, 6.07) is 6.66. The maximum absolute atomic E-state index is 12.5. The molecule has 1 fully saturated rings. The number of hydrogen-bond acceptors (Lipinski definition) is 4. The zero-order chi connectivity index (χ0) is 17.1. The number of rotatable bonds is 4. The molecule has 0 unspecified atom stereocenters. The van der Waals surface area contributed by atoms with E-state index in [0.29, 0.717) is 24.6 Å². The number of aromatic carboxylic acids is 1. The number of benzene rings is 1. The maximum atomic E-state index is 12.5. The van der Waals surface area contributed by atoms with Gasteiger partial charge in [-0.3, -0.25) is 4.79 Å². The molecule has 7 nitrogen and oxygen atoms in total. The third-order valence-electron chi connectivity index (χ3n) is 4.55. The number of carbonyl (C=O) groups excluding carboxylic acids is 1. The summed E-state index contributed by atoms with van der Waals surface area (Å²) in [5.74, 6) is 0.241. The number of nitrogens with zero attached hydrogens (tertiary/aromatic N) is 4. The molecule has 0 atom stereocenters. The molecule has 0 bridgehead atoms. The average molecular weight is 328 g/mol. The first-order valence-electron chi connectivity index (χ1n) is 7.99. The lowest BCUT2D eigenvalue weighted by atomic mass is 9.95. The van der Waals surface area contributed by atoms with Gasteiger partial charge in [-0.15, -0.1) is 10.2 Å². The van der Waals surface area contributed by atoms with Crippen LogP contribution in [-0.4, -0.2) is 49.7 Å². The van der Waals surface area contributed by atoms with E-state index in [0.717, 1.165) is 18.7 Å². The van der Waals surface area contributed by atoms with Gasteiger partial charge < -0.3 is 14.6 Å². The van der Waals surface area contributed by atoms with Gasteiger partial charge >= 0.3 is 5.97 Å². The van der Waals surface area contributed by atoms with E-state index in [1.54, 1.807) is 24.5 Å². The first-order chi connectivity index (χ1) is 11.6. The second-order valence-electron chi connectivity index (χ2n) is 6.09. The molecule has 1 saturated heterocycles. The van der Waals surface area contributed by atoms with Crippen molar-refractivity contribution in [1.29, 1.82) is 0 Å². The summed E-state index contributed by atoms with van der Waals surface area (Å²) in [6.45, 7) is 1.32. The van der Waals surface area contributed by atoms with Crippen LogP contribution in [0.3, 0.4) is 0 Å². The van der Waals surface area contributed by atoms with Crippen molar-refractivity contribution in [3.8, 4) is 0 Å². The minimum Gasteiger partial charge on any atom is -0.478 e. The van der Waals surface area contributed by atoms with Gasteiger partial charge in [0, 0.05) is 26.1 Å². The fourth-order valence-electron chi connectivity index (χ4n) is 3.21. The van der Waals surface area contributed by atoms with Crippen LogP contribution in [0.4, 0.5) is 0 Å². The Labute approximate surface area is 139 Å². The molecule has 1 aliphatic heterocycles. The van der Waals surface area contributed by atoms with Gasteiger partial charge in [0.25, 0.3) is 0 Å². The molecule has 24 heavy (non-hydrogen) atoms. The van der Waals surface area contributed by atoms with Crippen molar-refractivity contribution in [3.05, 3.63) is 47.5 Å². The van der Waals surface area contributed by atoms with Crippen LogP contribution >= 0.6 is 0 Å². The monoisotopic (exact) mass is 328 g/mol. The predicted molar refractivity (Wildman–Crippen MR) is 86.7 cm³/mol. The molecule has 0 saturated carbocycles. The molecule has 2 aromatic rings. The molecule has 1 amide bonds. The van der Waals surface area contributed by atoms with Crippen LogP contribution in [0.2, 0.25) is 0 Å². The summed E-state index contributed by atoms with van der Waals surface area (Å²) >= 11 is 0. The highest BCUT2D eigenvalue weighted by atomic mass is 16.4. The molecule has 1 aromatic carbocycles. The Morgan fingerprint density at radius 2 is 1.96 bits per heavy atom. The molecule has 7 heteroatoms. The largest absolute Gasteiger partial charge is 0.478 e. The molecule has 3 rings (SSSR count). The Kier molecular flexibility index (Phi) is 4.59. The SMILES string of the molecule is Cn1cnnc1C1CCN(C(=O)Cc2ccccc2C(=O)O)CC1. The van der Waals surface area contributed by atoms with Crippen molar-refractivity contribution in [2.24, 2.45) is 7.05 Å². The van der Waals surface area contributed by atoms with Gasteiger partial charge in [-0.1, -0.05) is 18.2 Å². The Morgan fingerprint density at radius 3 is 2.58 bits per heavy atom. The number of piperidine rings is 1. The van der Waals surface area contributed by atoms with Crippen LogP contribution in [0.5, 0.6) is 0 Å². The summed E-state index contributed by atoms with van der Waals surface area (Å²) in [5, 5.41) is 17.3. The van der Waals surface area contributed by atoms with Crippen LogP contribution in [0, 0.1) is 0 Å². The van der Waals surface area contributed by atoms with E-state index < -0.39 is 5.97 Å². The number of hydrogen-bond donors (Lipinski definition) is 1. The zero-order valence-corrected chi connectivity index (χ0v) is 13.6. The summed E-state index contributed by atoms with van der Waals surface area (Å²) < 4.78 is 1.92. The molecule has 1 aromatic heterocycles. The fraction of sp³-hybridized carbons (Fsp3) is 0.412. The number of likely N-dealkylation sites (tertiary alicyclic amines) is 1. The zero-order valence-electron chi connectivity index (χ0n) is 13.6. The van der Waals surface area contributed by atoms with E-state index in [4.69, 9.17) is 0 Å². The normalized spacial score (nSPS) is 15.5. The molecular weight excluding hydrogens is 308 g/mol. The summed E-state index contributed by atoms with van der Waals surface area (Å²) in [6.07, 6.45) is 3.50. The topological polar surface area (TPSA) is 88.3 Å². The van der Waals surface area contributed by atoms with Crippen molar-refractivity contribution >= 4 is 11.9 Å². The molecular formula is C17H20N4O3. The van der Waals surface area contributed by atoms with Gasteiger partial charge in [0.15, 0.2) is 0 Å². The number of carbonyl (C=O) groups is 2. The Balaban J connectivity index is 1.62. The maximum Gasteiger partial charge on any atom is 0.335 e. The summed E-state index contributed by atoms with van der Waals surface area (Å²) in [7, 11) is 1.93. The van der Waals surface area contributed by atoms with Crippen LogP contribution < -0.4 is 0 Å². The van der Waals surface area contributed by atoms with Gasteiger partial charge in [0.1, 0.15) is 12.2 Å². The minimum absolute atomic E-state index is 0.0277. The number of carboxylic acids is 1. The number of amides is 1. The lowest BCUT2D eigenvalue weighted by molar-refractivity contribution is -0.131. The Bertz CT molecular complexity index is 748. The Hall–Kier alpha value is -2.70. The number of aromatic nitrogens is 3. The lowest BCUT2D eigenvalue weighted by Crippen LogP contribution is -2.39. The van der Waals surface area contributed by atoms with E-state index in [1.807, 2.05) is 16.5 Å².